The van der Waals surface area contributed by atoms with Crippen LogP contribution in [0.2, 0.25) is 0 Å². The summed E-state index contributed by atoms with van der Waals surface area (Å²) in [7, 11) is 0. The molecule has 35 heavy (non-hydrogen) atoms. The molecule has 2 aromatic carbocycles. The number of likely N-dealkylation sites (tertiary alicyclic amines) is 1. The Labute approximate surface area is 203 Å². The Morgan fingerprint density at radius 2 is 1.91 bits per heavy atom. The molecule has 2 fully saturated rings. The normalized spacial score (nSPS) is 30.4. The quantitative estimate of drug-likeness (QED) is 0.596. The van der Waals surface area contributed by atoms with Crippen molar-refractivity contribution in [3.8, 4) is 0 Å². The van der Waals surface area contributed by atoms with Crippen LogP contribution in [0.25, 0.3) is 0 Å². The lowest BCUT2D eigenvalue weighted by atomic mass is 9.93. The van der Waals surface area contributed by atoms with Crippen molar-refractivity contribution in [1.82, 2.24) is 4.90 Å². The molecule has 0 saturated carbocycles. The first-order chi connectivity index (χ1) is 16.9. The zero-order chi connectivity index (χ0) is 24.5. The molecule has 2 saturated heterocycles. The third kappa shape index (κ3) is 4.86. The van der Waals surface area contributed by atoms with Crippen molar-refractivity contribution < 1.29 is 34.0 Å². The second-order valence-corrected chi connectivity index (χ2v) is 9.59. The van der Waals surface area contributed by atoms with Gasteiger partial charge in [-0.25, -0.2) is 9.18 Å². The molecule has 0 aromatic heterocycles. The first-order valence-corrected chi connectivity index (χ1v) is 12.1. The van der Waals surface area contributed by atoms with Crippen molar-refractivity contribution in [2.45, 2.75) is 62.4 Å². The molecule has 5 rings (SSSR count). The van der Waals surface area contributed by atoms with E-state index >= 15 is 0 Å². The minimum atomic E-state index is -1.35. The number of halogens is 1. The van der Waals surface area contributed by atoms with Crippen LogP contribution in [0.5, 0.6) is 0 Å². The molecule has 0 bridgehead atoms. The Hall–Kier alpha value is -2.72. The van der Waals surface area contributed by atoms with E-state index in [-0.39, 0.29) is 31.3 Å². The molecule has 188 valence electrons. The molecule has 1 amide bonds. The van der Waals surface area contributed by atoms with Gasteiger partial charge in [-0.05, 0) is 42.5 Å². The second kappa shape index (κ2) is 10.1. The molecule has 3 aliphatic rings. The van der Waals surface area contributed by atoms with Crippen LogP contribution in [0.15, 0.2) is 48.5 Å². The van der Waals surface area contributed by atoms with Gasteiger partial charge in [0.1, 0.15) is 30.7 Å². The van der Waals surface area contributed by atoms with E-state index in [1.807, 2.05) is 30.3 Å². The fourth-order valence-corrected chi connectivity index (χ4v) is 5.50. The fraction of sp³-hybridized carbons (Fsp3) is 0.500. The van der Waals surface area contributed by atoms with Gasteiger partial charge in [-0.15, -0.1) is 0 Å². The van der Waals surface area contributed by atoms with E-state index in [1.54, 1.807) is 15.9 Å². The number of anilines is 1. The van der Waals surface area contributed by atoms with Crippen molar-refractivity contribution in [2.24, 2.45) is 0 Å². The number of carbonyl (C=O) groups excluding carboxylic acids is 1. The highest BCUT2D eigenvalue weighted by molar-refractivity contribution is 5.68. The highest BCUT2D eigenvalue weighted by Gasteiger charge is 2.45. The van der Waals surface area contributed by atoms with Crippen molar-refractivity contribution in [1.29, 1.82) is 0 Å². The molecule has 3 heterocycles. The van der Waals surface area contributed by atoms with Gasteiger partial charge in [-0.3, -0.25) is 0 Å². The summed E-state index contributed by atoms with van der Waals surface area (Å²) in [4.78, 5) is 16.4. The average Bonchev–Trinajstić information content (AvgIpc) is 3.47. The van der Waals surface area contributed by atoms with Crippen molar-refractivity contribution in [2.75, 3.05) is 24.6 Å². The van der Waals surface area contributed by atoms with E-state index < -0.39 is 30.4 Å². The Morgan fingerprint density at radius 1 is 1.11 bits per heavy atom. The van der Waals surface area contributed by atoms with Gasteiger partial charge in [0.2, 0.25) is 0 Å². The molecule has 0 spiro atoms. The third-order valence-corrected chi connectivity index (χ3v) is 7.31. The number of hydrogen-bond donors (Lipinski definition) is 3. The number of benzene rings is 2. The van der Waals surface area contributed by atoms with Crippen LogP contribution >= 0.6 is 0 Å². The standard InChI is InChI=1S/C26H31FN2O6/c27-18-8-9-20-17(13-29(21(20)12-18)25-24(32)23(31)22(30)15-34-25)11-19-7-4-10-28(19)26(33)35-14-16-5-2-1-3-6-16/h1-3,5-6,8-9,12,17,19,22-25,30-32H,4,7,10-11,13-15H2/t17?,19-,22+,23-,24+,25+/m0/s1. The van der Waals surface area contributed by atoms with E-state index in [9.17, 15) is 24.5 Å². The molecule has 2 aromatic rings. The van der Waals surface area contributed by atoms with Crippen LogP contribution < -0.4 is 4.90 Å². The van der Waals surface area contributed by atoms with Gasteiger partial charge in [0.25, 0.3) is 0 Å². The molecular formula is C26H31FN2O6. The molecule has 0 radical (unpaired) electrons. The SMILES string of the molecule is O=C(OCc1ccccc1)N1CCC[C@H]1CC1CN([C@@H]2OC[C@@H](O)[C@H](O)[C@H]2O)c2cc(F)ccc21. The van der Waals surface area contributed by atoms with Gasteiger partial charge in [0.15, 0.2) is 6.23 Å². The zero-order valence-electron chi connectivity index (χ0n) is 19.4. The summed E-state index contributed by atoms with van der Waals surface area (Å²) in [5.74, 6) is -0.440. The number of rotatable bonds is 5. The Kier molecular flexibility index (Phi) is 6.93. The van der Waals surface area contributed by atoms with Crippen LogP contribution in [-0.2, 0) is 16.1 Å². The summed E-state index contributed by atoms with van der Waals surface area (Å²) in [5.41, 5.74) is 2.43. The highest BCUT2D eigenvalue weighted by Crippen LogP contribution is 2.43. The Balaban J connectivity index is 1.29. The Bertz CT molecular complexity index is 1040. The zero-order valence-corrected chi connectivity index (χ0v) is 19.4. The lowest BCUT2D eigenvalue weighted by molar-refractivity contribution is -0.186. The van der Waals surface area contributed by atoms with Gasteiger partial charge in [-0.2, -0.15) is 0 Å². The number of nitrogens with zero attached hydrogens (tertiary/aromatic N) is 2. The van der Waals surface area contributed by atoms with Crippen molar-refractivity contribution in [3.63, 3.8) is 0 Å². The van der Waals surface area contributed by atoms with Crippen molar-refractivity contribution >= 4 is 11.8 Å². The van der Waals surface area contributed by atoms with Crippen LogP contribution in [-0.4, -0.2) is 76.6 Å². The Morgan fingerprint density at radius 3 is 2.71 bits per heavy atom. The summed E-state index contributed by atoms with van der Waals surface area (Å²) < 4.78 is 25.4. The molecule has 0 aliphatic carbocycles. The molecular weight excluding hydrogens is 455 g/mol. The van der Waals surface area contributed by atoms with Crippen molar-refractivity contribution in [3.05, 3.63) is 65.5 Å². The third-order valence-electron chi connectivity index (χ3n) is 7.31. The molecule has 3 aliphatic heterocycles. The monoisotopic (exact) mass is 486 g/mol. The minimum Gasteiger partial charge on any atom is -0.445 e. The smallest absolute Gasteiger partial charge is 0.410 e. The number of hydrogen-bond acceptors (Lipinski definition) is 7. The number of carbonyl (C=O) groups is 1. The maximum absolute atomic E-state index is 14.2. The highest BCUT2D eigenvalue weighted by atomic mass is 19.1. The van der Waals surface area contributed by atoms with Gasteiger partial charge >= 0.3 is 6.09 Å². The van der Waals surface area contributed by atoms with E-state index in [1.165, 1.54) is 12.1 Å². The van der Waals surface area contributed by atoms with Gasteiger partial charge < -0.3 is 34.6 Å². The van der Waals surface area contributed by atoms with Gasteiger partial charge in [-0.1, -0.05) is 36.4 Å². The van der Waals surface area contributed by atoms with E-state index in [2.05, 4.69) is 0 Å². The molecule has 3 N–H and O–H groups in total. The summed E-state index contributed by atoms with van der Waals surface area (Å²) >= 11 is 0. The number of aliphatic hydroxyl groups is 3. The average molecular weight is 487 g/mol. The predicted octanol–water partition coefficient (Wildman–Crippen LogP) is 2.36. The number of aliphatic hydroxyl groups excluding tert-OH is 3. The fourth-order valence-electron chi connectivity index (χ4n) is 5.50. The first kappa shape index (κ1) is 24.0. The number of ether oxygens (including phenoxy) is 2. The molecule has 6 atom stereocenters. The van der Waals surface area contributed by atoms with Crippen LogP contribution in [0, 0.1) is 5.82 Å². The summed E-state index contributed by atoms with van der Waals surface area (Å²) in [6.45, 7) is 1.15. The molecule has 1 unspecified atom stereocenters. The summed E-state index contributed by atoms with van der Waals surface area (Å²) in [6.07, 6.45) is -2.74. The largest absolute Gasteiger partial charge is 0.445 e. The van der Waals surface area contributed by atoms with Gasteiger partial charge in [0.05, 0.1) is 6.61 Å². The van der Waals surface area contributed by atoms with Gasteiger partial charge in [0, 0.05) is 30.7 Å². The van der Waals surface area contributed by atoms with Crippen LogP contribution in [0.3, 0.4) is 0 Å². The second-order valence-electron chi connectivity index (χ2n) is 9.59. The maximum atomic E-state index is 14.2. The minimum absolute atomic E-state index is 0.0225. The summed E-state index contributed by atoms with van der Waals surface area (Å²) in [5, 5.41) is 30.6. The van der Waals surface area contributed by atoms with E-state index in [0.29, 0.717) is 25.2 Å². The van der Waals surface area contributed by atoms with E-state index in [0.717, 1.165) is 24.0 Å². The first-order valence-electron chi connectivity index (χ1n) is 12.1. The van der Waals surface area contributed by atoms with E-state index in [4.69, 9.17) is 9.47 Å². The van der Waals surface area contributed by atoms with Crippen LogP contribution in [0.1, 0.15) is 36.3 Å². The predicted molar refractivity (Wildman–Crippen MR) is 125 cm³/mol. The lowest BCUT2D eigenvalue weighted by Crippen LogP contribution is -2.59. The molecule has 9 heteroatoms. The molecule has 8 nitrogen and oxygen atoms in total. The topological polar surface area (TPSA) is 103 Å². The lowest BCUT2D eigenvalue weighted by Gasteiger charge is -2.41. The number of fused-ring (bicyclic) bond motifs is 1. The summed E-state index contributed by atoms with van der Waals surface area (Å²) in [6, 6.07) is 14.1. The number of amides is 1. The maximum Gasteiger partial charge on any atom is 0.410 e. The van der Waals surface area contributed by atoms with Crippen LogP contribution in [0.4, 0.5) is 14.9 Å².